The molecule has 0 atom stereocenters. The van der Waals surface area contributed by atoms with Crippen LogP contribution in [0.2, 0.25) is 0 Å². The van der Waals surface area contributed by atoms with Gasteiger partial charge in [0.1, 0.15) is 13.2 Å². The Morgan fingerprint density at radius 2 is 1.61 bits per heavy atom. The van der Waals surface area contributed by atoms with E-state index in [2.05, 4.69) is 20.8 Å². The molecule has 1 N–H and O–H groups in total. The van der Waals surface area contributed by atoms with E-state index >= 15 is 0 Å². The van der Waals surface area contributed by atoms with Crippen LogP contribution in [0.1, 0.15) is 32.6 Å². The monoisotopic (exact) mass is 330 g/mol. The first kappa shape index (κ1) is 20.3. The van der Waals surface area contributed by atoms with Crippen LogP contribution in [-0.2, 0) is 38.2 Å². The molecule has 9 heteroatoms. The Bertz CT molecular complexity index is 478. The van der Waals surface area contributed by atoms with Crippen molar-refractivity contribution in [3.05, 3.63) is 12.2 Å². The molecule has 1 aliphatic heterocycles. The van der Waals surface area contributed by atoms with Gasteiger partial charge < -0.3 is 19.3 Å². The number of cyclic esters (lactones) is 2. The number of aliphatic carboxylic acids is 1. The summed E-state index contributed by atoms with van der Waals surface area (Å²) in [6.45, 7) is 4.72. The third-order valence-corrected chi connectivity index (χ3v) is 2.23. The minimum absolute atomic E-state index is 0.0650. The highest BCUT2D eigenvalue weighted by Crippen LogP contribution is 2.03. The fraction of sp³-hybridized carbons (Fsp3) is 0.500. The molecule has 0 bridgehead atoms. The van der Waals surface area contributed by atoms with Gasteiger partial charge >= 0.3 is 29.8 Å². The molecule has 0 aliphatic carbocycles. The van der Waals surface area contributed by atoms with Crippen LogP contribution >= 0.6 is 0 Å². The topological polar surface area (TPSA) is 133 Å². The zero-order chi connectivity index (χ0) is 17.8. The molecule has 23 heavy (non-hydrogen) atoms. The summed E-state index contributed by atoms with van der Waals surface area (Å²) in [5.41, 5.74) is 0.261. The van der Waals surface area contributed by atoms with Crippen molar-refractivity contribution in [2.24, 2.45) is 0 Å². The van der Waals surface area contributed by atoms with Gasteiger partial charge in [0.15, 0.2) is 0 Å². The molecule has 0 unspecified atom stereocenters. The Balaban J connectivity index is 0.000000568. The van der Waals surface area contributed by atoms with Crippen LogP contribution < -0.4 is 0 Å². The van der Waals surface area contributed by atoms with Crippen molar-refractivity contribution in [2.75, 3.05) is 13.2 Å². The summed E-state index contributed by atoms with van der Waals surface area (Å²) in [5, 5.41) is 8.28. The van der Waals surface area contributed by atoms with Crippen LogP contribution in [0.4, 0.5) is 0 Å². The summed E-state index contributed by atoms with van der Waals surface area (Å²) in [6, 6.07) is 0. The van der Waals surface area contributed by atoms with Crippen molar-refractivity contribution < 1.29 is 43.3 Å². The minimum Gasteiger partial charge on any atom is -0.481 e. The average molecular weight is 330 g/mol. The van der Waals surface area contributed by atoms with E-state index in [1.165, 1.54) is 6.92 Å². The number of hydrogen-bond donors (Lipinski definition) is 1. The molecule has 1 heterocycles. The first-order valence-electron chi connectivity index (χ1n) is 6.66. The molecule has 1 saturated heterocycles. The van der Waals surface area contributed by atoms with Crippen molar-refractivity contribution in [3.63, 3.8) is 0 Å². The molecule has 1 fully saturated rings. The number of carboxylic acid groups (broad SMARTS) is 1. The lowest BCUT2D eigenvalue weighted by atomic mass is 10.3. The zero-order valence-electron chi connectivity index (χ0n) is 12.7. The number of carbonyl (C=O) groups is 5. The van der Waals surface area contributed by atoms with E-state index in [1.807, 2.05) is 0 Å². The molecule has 0 aromatic carbocycles. The molecule has 0 amide bonds. The number of carboxylic acids is 1. The Kier molecular flexibility index (Phi) is 9.65. The van der Waals surface area contributed by atoms with Gasteiger partial charge in [-0.05, 0) is 6.92 Å². The van der Waals surface area contributed by atoms with Gasteiger partial charge in [-0.25, -0.2) is 4.79 Å². The lowest BCUT2D eigenvalue weighted by molar-refractivity contribution is -0.152. The van der Waals surface area contributed by atoms with Crippen LogP contribution in [-0.4, -0.2) is 48.2 Å². The van der Waals surface area contributed by atoms with Gasteiger partial charge in [-0.3, -0.25) is 19.2 Å². The van der Waals surface area contributed by atoms with E-state index < -0.39 is 29.8 Å². The molecule has 0 aromatic heterocycles. The smallest absolute Gasteiger partial charge is 0.333 e. The Labute approximate surface area is 132 Å². The molecule has 1 rings (SSSR count). The van der Waals surface area contributed by atoms with E-state index in [0.717, 1.165) is 0 Å². The Morgan fingerprint density at radius 1 is 1.09 bits per heavy atom. The van der Waals surface area contributed by atoms with Gasteiger partial charge in [0, 0.05) is 5.57 Å². The Morgan fingerprint density at radius 3 is 2.00 bits per heavy atom. The van der Waals surface area contributed by atoms with Crippen LogP contribution in [0.3, 0.4) is 0 Å². The minimum atomic E-state index is -1.06. The molecular weight excluding hydrogens is 312 g/mol. The normalized spacial score (nSPS) is 12.6. The fourth-order valence-electron chi connectivity index (χ4n) is 1.13. The standard InChI is InChI=1S/C10H14O6.C4H4O3/c1-7(2)10(14)16-6-5-15-9(13)4-3-8(11)12;5-3-1-2-4(6)7-3/h1,3-6H2,2H3,(H,11,12);1-2H2. The SMILES string of the molecule is C=C(C)C(=O)OCCOC(=O)CCC(=O)O.O=C1CCC(=O)O1. The molecule has 0 radical (unpaired) electrons. The van der Waals surface area contributed by atoms with Gasteiger partial charge in [0.25, 0.3) is 0 Å². The summed E-state index contributed by atoms with van der Waals surface area (Å²) >= 11 is 0. The van der Waals surface area contributed by atoms with Gasteiger partial charge in [0.2, 0.25) is 0 Å². The predicted octanol–water partition coefficient (Wildman–Crippen LogP) is 0.364. The second kappa shape index (κ2) is 10.9. The largest absolute Gasteiger partial charge is 0.481 e. The van der Waals surface area contributed by atoms with Crippen molar-refractivity contribution >= 4 is 29.8 Å². The van der Waals surface area contributed by atoms with Crippen molar-refractivity contribution in [1.29, 1.82) is 0 Å². The maximum atomic E-state index is 10.9. The van der Waals surface area contributed by atoms with Crippen LogP contribution in [0.5, 0.6) is 0 Å². The van der Waals surface area contributed by atoms with E-state index in [-0.39, 0.29) is 44.5 Å². The lowest BCUT2D eigenvalue weighted by Gasteiger charge is -2.05. The molecule has 9 nitrogen and oxygen atoms in total. The van der Waals surface area contributed by atoms with Crippen LogP contribution in [0.15, 0.2) is 12.2 Å². The number of rotatable bonds is 7. The second-order valence-corrected chi connectivity index (χ2v) is 4.38. The fourth-order valence-corrected chi connectivity index (χ4v) is 1.13. The third-order valence-electron chi connectivity index (χ3n) is 2.23. The maximum Gasteiger partial charge on any atom is 0.333 e. The highest BCUT2D eigenvalue weighted by molar-refractivity contribution is 5.92. The molecule has 1 aliphatic rings. The number of hydrogen-bond acceptors (Lipinski definition) is 8. The summed E-state index contributed by atoms with van der Waals surface area (Å²) < 4.78 is 13.3. The number of esters is 4. The maximum absolute atomic E-state index is 10.9. The average Bonchev–Trinajstić information content (AvgIpc) is 2.85. The summed E-state index contributed by atoms with van der Waals surface area (Å²) in [6.07, 6.45) is 0.0613. The summed E-state index contributed by atoms with van der Waals surface area (Å²) in [7, 11) is 0. The van der Waals surface area contributed by atoms with Crippen molar-refractivity contribution in [1.82, 2.24) is 0 Å². The molecule has 128 valence electrons. The van der Waals surface area contributed by atoms with Crippen molar-refractivity contribution in [3.8, 4) is 0 Å². The van der Waals surface area contributed by atoms with Crippen LogP contribution in [0, 0.1) is 0 Å². The van der Waals surface area contributed by atoms with Crippen LogP contribution in [0.25, 0.3) is 0 Å². The quantitative estimate of drug-likeness (QED) is 0.231. The van der Waals surface area contributed by atoms with Gasteiger partial charge in [-0.15, -0.1) is 0 Å². The summed E-state index contributed by atoms with van der Waals surface area (Å²) in [5.74, 6) is -3.05. The first-order chi connectivity index (χ1) is 10.7. The lowest BCUT2D eigenvalue weighted by Crippen LogP contribution is -2.14. The van der Waals surface area contributed by atoms with Gasteiger partial charge in [-0.1, -0.05) is 6.58 Å². The van der Waals surface area contributed by atoms with E-state index in [4.69, 9.17) is 5.11 Å². The van der Waals surface area contributed by atoms with E-state index in [1.54, 1.807) is 0 Å². The molecule has 0 spiro atoms. The highest BCUT2D eigenvalue weighted by Gasteiger charge is 2.19. The molecular formula is C14H18O9. The zero-order valence-corrected chi connectivity index (χ0v) is 12.7. The van der Waals surface area contributed by atoms with Crippen molar-refractivity contribution in [2.45, 2.75) is 32.6 Å². The highest BCUT2D eigenvalue weighted by atomic mass is 16.6. The predicted molar refractivity (Wildman–Crippen MR) is 73.9 cm³/mol. The summed E-state index contributed by atoms with van der Waals surface area (Å²) in [4.78, 5) is 51.9. The molecule has 0 saturated carbocycles. The van der Waals surface area contributed by atoms with Gasteiger partial charge in [-0.2, -0.15) is 0 Å². The van der Waals surface area contributed by atoms with E-state index in [9.17, 15) is 24.0 Å². The third kappa shape index (κ3) is 11.6. The molecule has 0 aromatic rings. The number of carbonyl (C=O) groups excluding carboxylic acids is 4. The van der Waals surface area contributed by atoms with E-state index in [0.29, 0.717) is 0 Å². The Hall–Kier alpha value is -2.71. The first-order valence-corrected chi connectivity index (χ1v) is 6.66. The number of ether oxygens (including phenoxy) is 3. The second-order valence-electron chi connectivity index (χ2n) is 4.38. The van der Waals surface area contributed by atoms with Gasteiger partial charge in [0.05, 0.1) is 25.7 Å².